The van der Waals surface area contributed by atoms with E-state index in [-0.39, 0.29) is 23.9 Å². The third-order valence-electron chi connectivity index (χ3n) is 3.37. The van der Waals surface area contributed by atoms with E-state index in [4.69, 9.17) is 0 Å². The van der Waals surface area contributed by atoms with Gasteiger partial charge in [-0.15, -0.1) is 0 Å². The highest BCUT2D eigenvalue weighted by Gasteiger charge is 2.33. The van der Waals surface area contributed by atoms with Crippen LogP contribution >= 0.6 is 0 Å². The fourth-order valence-electron chi connectivity index (χ4n) is 2.03. The number of benzene rings is 1. The summed E-state index contributed by atoms with van der Waals surface area (Å²) in [6.07, 6.45) is -4.65. The van der Waals surface area contributed by atoms with Crippen molar-refractivity contribution in [2.24, 2.45) is 10.9 Å². The molecule has 0 aromatic heterocycles. The summed E-state index contributed by atoms with van der Waals surface area (Å²) in [5.74, 6) is -0.856. The smallest absolute Gasteiger partial charge is 0.357 e. The van der Waals surface area contributed by atoms with Crippen molar-refractivity contribution in [1.82, 2.24) is 16.0 Å². The van der Waals surface area contributed by atoms with Gasteiger partial charge in [0.15, 0.2) is 5.96 Å². The Morgan fingerprint density at radius 1 is 1.15 bits per heavy atom. The minimum Gasteiger partial charge on any atom is -0.357 e. The predicted octanol–water partition coefficient (Wildman–Crippen LogP) is 2.67. The lowest BCUT2D eigenvalue weighted by Crippen LogP contribution is -2.42. The molecule has 0 bridgehead atoms. The van der Waals surface area contributed by atoms with E-state index in [1.54, 1.807) is 13.8 Å². The second-order valence-electron chi connectivity index (χ2n) is 5.87. The number of hydrogen-bond donors (Lipinski definition) is 3. The first-order valence-electron chi connectivity index (χ1n) is 8.30. The van der Waals surface area contributed by atoms with E-state index >= 15 is 0 Å². The second kappa shape index (κ2) is 9.98. The maximum absolute atomic E-state index is 13.1. The van der Waals surface area contributed by atoms with E-state index in [0.717, 1.165) is 12.1 Å². The summed E-state index contributed by atoms with van der Waals surface area (Å²) in [4.78, 5) is 15.6. The quantitative estimate of drug-likeness (QED) is 0.297. The van der Waals surface area contributed by atoms with Crippen molar-refractivity contribution in [1.29, 1.82) is 0 Å². The van der Waals surface area contributed by atoms with Crippen LogP contribution < -0.4 is 16.0 Å². The second-order valence-corrected chi connectivity index (χ2v) is 5.87. The van der Waals surface area contributed by atoms with E-state index in [1.165, 1.54) is 0 Å². The lowest BCUT2D eigenvalue weighted by atomic mass is 10.1. The first-order chi connectivity index (χ1) is 12.1. The number of nitrogens with one attached hydrogen (secondary N) is 3. The van der Waals surface area contributed by atoms with Crippen LogP contribution in [0.15, 0.2) is 23.2 Å². The Morgan fingerprint density at radius 3 is 2.38 bits per heavy atom. The maximum atomic E-state index is 13.1. The van der Waals surface area contributed by atoms with Crippen LogP contribution in [-0.2, 0) is 17.5 Å². The van der Waals surface area contributed by atoms with Crippen molar-refractivity contribution in [2.45, 2.75) is 33.5 Å². The van der Waals surface area contributed by atoms with Gasteiger partial charge in [0.1, 0.15) is 5.82 Å². The maximum Gasteiger partial charge on any atom is 0.416 e. The van der Waals surface area contributed by atoms with E-state index in [0.29, 0.717) is 31.7 Å². The van der Waals surface area contributed by atoms with Crippen LogP contribution in [0.3, 0.4) is 0 Å². The summed E-state index contributed by atoms with van der Waals surface area (Å²) in [6.45, 7) is 6.33. The standard InChI is InChI=1S/C17H24F4N4O/c1-4-22-16(24-8-7-23-15(26)11(2)3)25-10-12-5-6-13(18)9-14(12)17(19,20)21/h5-6,9,11H,4,7-8,10H2,1-3H3,(H,23,26)(H2,22,24,25). The highest BCUT2D eigenvalue weighted by atomic mass is 19.4. The number of nitrogens with zero attached hydrogens (tertiary/aromatic N) is 1. The highest BCUT2D eigenvalue weighted by Crippen LogP contribution is 2.32. The molecule has 0 saturated heterocycles. The minimum atomic E-state index is -4.65. The largest absolute Gasteiger partial charge is 0.416 e. The molecule has 0 fully saturated rings. The zero-order valence-corrected chi connectivity index (χ0v) is 15.0. The van der Waals surface area contributed by atoms with E-state index in [1.807, 2.05) is 6.92 Å². The molecule has 1 rings (SSSR count). The molecule has 0 aliphatic heterocycles. The van der Waals surface area contributed by atoms with Crippen molar-refractivity contribution < 1.29 is 22.4 Å². The van der Waals surface area contributed by atoms with Crippen molar-refractivity contribution in [3.05, 3.63) is 35.1 Å². The molecule has 0 unspecified atom stereocenters. The molecule has 5 nitrogen and oxygen atoms in total. The summed E-state index contributed by atoms with van der Waals surface area (Å²) in [5, 5.41) is 8.54. The van der Waals surface area contributed by atoms with Crippen LogP contribution in [0.1, 0.15) is 31.9 Å². The number of carbonyl (C=O) groups excluding carboxylic acids is 1. The van der Waals surface area contributed by atoms with Gasteiger partial charge in [0.25, 0.3) is 0 Å². The summed E-state index contributed by atoms with van der Waals surface area (Å²) >= 11 is 0. The van der Waals surface area contributed by atoms with Gasteiger partial charge in [-0.2, -0.15) is 13.2 Å². The van der Waals surface area contributed by atoms with E-state index in [2.05, 4.69) is 20.9 Å². The Hall–Kier alpha value is -2.32. The number of amides is 1. The molecule has 146 valence electrons. The molecule has 0 heterocycles. The van der Waals surface area contributed by atoms with Crippen LogP contribution in [0.2, 0.25) is 0 Å². The van der Waals surface area contributed by atoms with Crippen molar-refractivity contribution in [3.63, 3.8) is 0 Å². The van der Waals surface area contributed by atoms with Gasteiger partial charge in [0, 0.05) is 25.6 Å². The average molecular weight is 376 g/mol. The molecule has 9 heteroatoms. The Bertz CT molecular complexity index is 630. The summed E-state index contributed by atoms with van der Waals surface area (Å²) < 4.78 is 52.1. The zero-order chi connectivity index (χ0) is 19.7. The molecule has 0 atom stereocenters. The molecule has 0 spiro atoms. The molecule has 0 saturated carbocycles. The number of alkyl halides is 3. The average Bonchev–Trinajstić information content (AvgIpc) is 2.55. The van der Waals surface area contributed by atoms with Gasteiger partial charge < -0.3 is 16.0 Å². The Morgan fingerprint density at radius 2 is 1.81 bits per heavy atom. The van der Waals surface area contributed by atoms with Crippen LogP contribution in [0, 0.1) is 11.7 Å². The monoisotopic (exact) mass is 376 g/mol. The Balaban J connectivity index is 2.74. The molecule has 1 aromatic rings. The van der Waals surface area contributed by atoms with Gasteiger partial charge in [-0.05, 0) is 24.6 Å². The molecule has 0 aliphatic carbocycles. The first-order valence-corrected chi connectivity index (χ1v) is 8.30. The van der Waals surface area contributed by atoms with Crippen molar-refractivity contribution in [3.8, 4) is 0 Å². The van der Waals surface area contributed by atoms with Crippen molar-refractivity contribution in [2.75, 3.05) is 19.6 Å². The molecular weight excluding hydrogens is 352 g/mol. The molecule has 1 aromatic carbocycles. The van der Waals surface area contributed by atoms with E-state index in [9.17, 15) is 22.4 Å². The number of rotatable bonds is 7. The number of carbonyl (C=O) groups is 1. The van der Waals surface area contributed by atoms with Gasteiger partial charge in [-0.3, -0.25) is 4.79 Å². The number of halogens is 4. The number of aliphatic imine (C=N–C) groups is 1. The topological polar surface area (TPSA) is 65.5 Å². The van der Waals surface area contributed by atoms with Gasteiger partial charge in [0.2, 0.25) is 5.91 Å². The molecule has 1 amide bonds. The third kappa shape index (κ3) is 7.28. The van der Waals surface area contributed by atoms with E-state index < -0.39 is 17.6 Å². The van der Waals surface area contributed by atoms with Gasteiger partial charge in [-0.1, -0.05) is 19.9 Å². The SMILES string of the molecule is CCNC(=NCc1ccc(F)cc1C(F)(F)F)NCCNC(=O)C(C)C. The fraction of sp³-hybridized carbons (Fsp3) is 0.529. The zero-order valence-electron chi connectivity index (χ0n) is 15.0. The summed E-state index contributed by atoms with van der Waals surface area (Å²) in [5.41, 5.74) is -1.16. The summed E-state index contributed by atoms with van der Waals surface area (Å²) in [7, 11) is 0. The lowest BCUT2D eigenvalue weighted by Gasteiger charge is -2.14. The Labute approximate surface area is 150 Å². The fourth-order valence-corrected chi connectivity index (χ4v) is 2.03. The van der Waals surface area contributed by atoms with Gasteiger partial charge >= 0.3 is 6.18 Å². The van der Waals surface area contributed by atoms with Crippen LogP contribution in [0.25, 0.3) is 0 Å². The summed E-state index contributed by atoms with van der Waals surface area (Å²) in [6, 6.07) is 2.52. The predicted molar refractivity (Wildman–Crippen MR) is 92.1 cm³/mol. The van der Waals surface area contributed by atoms with Gasteiger partial charge in [-0.25, -0.2) is 9.38 Å². The molecule has 0 aliphatic rings. The van der Waals surface area contributed by atoms with Crippen LogP contribution in [0.5, 0.6) is 0 Å². The molecule has 3 N–H and O–H groups in total. The Kier molecular flexibility index (Phi) is 8.34. The van der Waals surface area contributed by atoms with Crippen LogP contribution in [-0.4, -0.2) is 31.5 Å². The normalized spacial score (nSPS) is 12.2. The first kappa shape index (κ1) is 21.7. The highest BCUT2D eigenvalue weighted by molar-refractivity contribution is 5.80. The number of guanidine groups is 1. The molecule has 26 heavy (non-hydrogen) atoms. The number of hydrogen-bond acceptors (Lipinski definition) is 2. The third-order valence-corrected chi connectivity index (χ3v) is 3.37. The minimum absolute atomic E-state index is 0.0881. The van der Waals surface area contributed by atoms with Crippen LogP contribution in [0.4, 0.5) is 17.6 Å². The van der Waals surface area contributed by atoms with Gasteiger partial charge in [0.05, 0.1) is 12.1 Å². The molecule has 0 radical (unpaired) electrons. The lowest BCUT2D eigenvalue weighted by molar-refractivity contribution is -0.138. The van der Waals surface area contributed by atoms with Crippen molar-refractivity contribution >= 4 is 11.9 Å². The molecular formula is C17H24F4N4O.